The van der Waals surface area contributed by atoms with E-state index in [2.05, 4.69) is 15.1 Å². The Hall–Kier alpha value is -1.33. The van der Waals surface area contributed by atoms with Crippen LogP contribution in [0.5, 0.6) is 0 Å². The molecule has 1 aliphatic heterocycles. The summed E-state index contributed by atoms with van der Waals surface area (Å²) in [4.78, 5) is 2.53. The van der Waals surface area contributed by atoms with Crippen LogP contribution in [-0.4, -0.2) is 44.1 Å². The lowest BCUT2D eigenvalue weighted by Crippen LogP contribution is -2.36. The van der Waals surface area contributed by atoms with Gasteiger partial charge in [-0.1, -0.05) is 11.6 Å². The standard InChI is InChI=1S/C15H22ClN5/c16-15-12-18-21(13-15)11-10-19-7-2-14(3-8-19)4-9-20-6-1-5-17-20/h1,5-6,12-14H,2-4,7-11H2. The van der Waals surface area contributed by atoms with Gasteiger partial charge in [0.1, 0.15) is 0 Å². The van der Waals surface area contributed by atoms with Crippen LogP contribution in [0.4, 0.5) is 0 Å². The average Bonchev–Trinajstić information content (AvgIpc) is 3.15. The fourth-order valence-corrected chi connectivity index (χ4v) is 3.11. The topological polar surface area (TPSA) is 38.9 Å². The molecule has 2 aromatic heterocycles. The molecule has 0 amide bonds. The monoisotopic (exact) mass is 307 g/mol. The molecule has 6 heteroatoms. The van der Waals surface area contributed by atoms with Gasteiger partial charge in [0.05, 0.1) is 17.8 Å². The Kier molecular flexibility index (Phi) is 4.93. The number of hydrogen-bond acceptors (Lipinski definition) is 3. The molecule has 1 saturated heterocycles. The molecule has 21 heavy (non-hydrogen) atoms. The minimum Gasteiger partial charge on any atom is -0.301 e. The lowest BCUT2D eigenvalue weighted by Gasteiger charge is -2.31. The highest BCUT2D eigenvalue weighted by molar-refractivity contribution is 6.30. The largest absolute Gasteiger partial charge is 0.301 e. The van der Waals surface area contributed by atoms with E-state index in [1.54, 1.807) is 6.20 Å². The van der Waals surface area contributed by atoms with Crippen LogP contribution in [0, 0.1) is 5.92 Å². The Morgan fingerprint density at radius 3 is 2.62 bits per heavy atom. The van der Waals surface area contributed by atoms with Gasteiger partial charge in [0.25, 0.3) is 0 Å². The maximum absolute atomic E-state index is 5.87. The van der Waals surface area contributed by atoms with E-state index in [1.165, 1.54) is 32.4 Å². The third-order valence-electron chi connectivity index (χ3n) is 4.28. The van der Waals surface area contributed by atoms with E-state index in [9.17, 15) is 0 Å². The van der Waals surface area contributed by atoms with Crippen molar-refractivity contribution in [2.45, 2.75) is 32.4 Å². The van der Waals surface area contributed by atoms with Gasteiger partial charge in [-0.15, -0.1) is 0 Å². The second-order valence-electron chi connectivity index (χ2n) is 5.76. The fraction of sp³-hybridized carbons (Fsp3) is 0.600. The summed E-state index contributed by atoms with van der Waals surface area (Å²) in [6, 6.07) is 1.99. The Morgan fingerprint density at radius 2 is 1.95 bits per heavy atom. The van der Waals surface area contributed by atoms with E-state index in [-0.39, 0.29) is 0 Å². The number of halogens is 1. The van der Waals surface area contributed by atoms with E-state index in [1.807, 2.05) is 34.0 Å². The van der Waals surface area contributed by atoms with Crippen molar-refractivity contribution in [3.8, 4) is 0 Å². The number of aromatic nitrogens is 4. The predicted octanol–water partition coefficient (Wildman–Crippen LogP) is 2.54. The molecule has 0 radical (unpaired) electrons. The first kappa shape index (κ1) is 14.6. The SMILES string of the molecule is Clc1cnn(CCN2CCC(CCn3cccn3)CC2)c1. The maximum Gasteiger partial charge on any atom is 0.0785 e. The highest BCUT2D eigenvalue weighted by atomic mass is 35.5. The Morgan fingerprint density at radius 1 is 1.10 bits per heavy atom. The molecular formula is C15H22ClN5. The number of nitrogens with zero attached hydrogens (tertiary/aromatic N) is 5. The van der Waals surface area contributed by atoms with Crippen LogP contribution < -0.4 is 0 Å². The molecule has 1 aliphatic rings. The molecule has 0 atom stereocenters. The van der Waals surface area contributed by atoms with Crippen molar-refractivity contribution in [1.29, 1.82) is 0 Å². The normalized spacial score (nSPS) is 17.4. The summed E-state index contributed by atoms with van der Waals surface area (Å²) in [6.07, 6.45) is 11.3. The van der Waals surface area contributed by atoms with Crippen molar-refractivity contribution in [3.63, 3.8) is 0 Å². The van der Waals surface area contributed by atoms with Crippen molar-refractivity contribution in [2.75, 3.05) is 19.6 Å². The Balaban J connectivity index is 1.35. The smallest absolute Gasteiger partial charge is 0.0785 e. The molecule has 3 rings (SSSR count). The minimum absolute atomic E-state index is 0.715. The van der Waals surface area contributed by atoms with Gasteiger partial charge in [-0.05, 0) is 44.3 Å². The molecular weight excluding hydrogens is 286 g/mol. The van der Waals surface area contributed by atoms with Crippen LogP contribution in [0.3, 0.4) is 0 Å². The first-order valence-electron chi connectivity index (χ1n) is 7.67. The minimum atomic E-state index is 0.715. The van der Waals surface area contributed by atoms with Crippen LogP contribution in [0.15, 0.2) is 30.9 Å². The van der Waals surface area contributed by atoms with Crippen LogP contribution in [0.2, 0.25) is 5.02 Å². The maximum atomic E-state index is 5.87. The van der Waals surface area contributed by atoms with E-state index in [4.69, 9.17) is 11.6 Å². The number of likely N-dealkylation sites (tertiary alicyclic amines) is 1. The molecule has 0 unspecified atom stereocenters. The molecule has 3 heterocycles. The molecule has 2 aromatic rings. The summed E-state index contributed by atoms with van der Waals surface area (Å²) in [5, 5.41) is 9.20. The van der Waals surface area contributed by atoms with Crippen LogP contribution >= 0.6 is 11.6 Å². The molecule has 5 nitrogen and oxygen atoms in total. The van der Waals surface area contributed by atoms with Gasteiger partial charge in [0, 0.05) is 31.7 Å². The lowest BCUT2D eigenvalue weighted by molar-refractivity contribution is 0.168. The predicted molar refractivity (Wildman–Crippen MR) is 83.2 cm³/mol. The van der Waals surface area contributed by atoms with E-state index < -0.39 is 0 Å². The molecule has 0 aliphatic carbocycles. The summed E-state index contributed by atoms with van der Waals surface area (Å²) < 4.78 is 3.96. The molecule has 0 saturated carbocycles. The van der Waals surface area contributed by atoms with Gasteiger partial charge in [-0.2, -0.15) is 10.2 Å². The number of piperidine rings is 1. The first-order chi connectivity index (χ1) is 10.3. The third-order valence-corrected chi connectivity index (χ3v) is 4.48. The van der Waals surface area contributed by atoms with Crippen LogP contribution in [-0.2, 0) is 13.1 Å². The molecule has 0 N–H and O–H groups in total. The van der Waals surface area contributed by atoms with E-state index >= 15 is 0 Å². The Bertz CT molecular complexity index is 528. The molecule has 114 valence electrons. The average molecular weight is 308 g/mol. The number of hydrogen-bond donors (Lipinski definition) is 0. The summed E-state index contributed by atoms with van der Waals surface area (Å²) in [5.41, 5.74) is 0. The van der Waals surface area contributed by atoms with Crippen molar-refractivity contribution < 1.29 is 0 Å². The molecule has 0 bridgehead atoms. The first-order valence-corrected chi connectivity index (χ1v) is 8.05. The fourth-order valence-electron chi connectivity index (χ4n) is 2.95. The second kappa shape index (κ2) is 7.09. The lowest BCUT2D eigenvalue weighted by atomic mass is 9.93. The van der Waals surface area contributed by atoms with Gasteiger partial charge < -0.3 is 4.90 Å². The quantitative estimate of drug-likeness (QED) is 0.823. The van der Waals surface area contributed by atoms with Gasteiger partial charge in [0.2, 0.25) is 0 Å². The summed E-state index contributed by atoms with van der Waals surface area (Å²) in [6.45, 7) is 5.41. The zero-order chi connectivity index (χ0) is 14.5. The van der Waals surface area contributed by atoms with Crippen molar-refractivity contribution in [2.24, 2.45) is 5.92 Å². The summed E-state index contributed by atoms with van der Waals surface area (Å²) >= 11 is 5.87. The second-order valence-corrected chi connectivity index (χ2v) is 6.20. The Labute approximate surface area is 130 Å². The third kappa shape index (κ3) is 4.32. The van der Waals surface area contributed by atoms with Crippen molar-refractivity contribution in [3.05, 3.63) is 35.9 Å². The zero-order valence-electron chi connectivity index (χ0n) is 12.2. The van der Waals surface area contributed by atoms with Gasteiger partial charge >= 0.3 is 0 Å². The highest BCUT2D eigenvalue weighted by Gasteiger charge is 2.18. The van der Waals surface area contributed by atoms with Crippen molar-refractivity contribution in [1.82, 2.24) is 24.5 Å². The highest BCUT2D eigenvalue weighted by Crippen LogP contribution is 2.21. The number of aryl methyl sites for hydroxylation is 1. The van der Waals surface area contributed by atoms with Gasteiger partial charge in [-0.25, -0.2) is 0 Å². The van der Waals surface area contributed by atoms with Crippen LogP contribution in [0.1, 0.15) is 19.3 Å². The van der Waals surface area contributed by atoms with Crippen molar-refractivity contribution >= 4 is 11.6 Å². The number of rotatable bonds is 6. The molecule has 0 aromatic carbocycles. The summed E-state index contributed by atoms with van der Waals surface area (Å²) in [5.74, 6) is 0.838. The van der Waals surface area contributed by atoms with Gasteiger partial charge in [0.15, 0.2) is 0 Å². The zero-order valence-corrected chi connectivity index (χ0v) is 13.0. The summed E-state index contributed by atoms with van der Waals surface area (Å²) in [7, 11) is 0. The van der Waals surface area contributed by atoms with Gasteiger partial charge in [-0.3, -0.25) is 9.36 Å². The molecule has 0 spiro atoms. The van der Waals surface area contributed by atoms with E-state index in [0.717, 1.165) is 25.6 Å². The molecule has 1 fully saturated rings. The van der Waals surface area contributed by atoms with E-state index in [0.29, 0.717) is 5.02 Å². The van der Waals surface area contributed by atoms with Crippen LogP contribution in [0.25, 0.3) is 0 Å².